The van der Waals surface area contributed by atoms with Gasteiger partial charge in [0.2, 0.25) is 6.29 Å². The van der Waals surface area contributed by atoms with Crippen LogP contribution in [0.5, 0.6) is 5.75 Å². The van der Waals surface area contributed by atoms with E-state index >= 15 is 0 Å². The third-order valence-corrected chi connectivity index (χ3v) is 4.63. The SMILES string of the molecule is COC(Oc1cc(C(=O)OCCS(=O)(=O)O)ccc1F)C(C)c1ccccc1. The summed E-state index contributed by atoms with van der Waals surface area (Å²) in [5.74, 6) is -2.74. The smallest absolute Gasteiger partial charge is 0.338 e. The fourth-order valence-corrected chi connectivity index (χ4v) is 2.73. The summed E-state index contributed by atoms with van der Waals surface area (Å²) in [6.07, 6.45) is -0.817. The molecule has 0 saturated carbocycles. The van der Waals surface area contributed by atoms with E-state index in [0.717, 1.165) is 17.7 Å². The highest BCUT2D eigenvalue weighted by Crippen LogP contribution is 2.27. The van der Waals surface area contributed by atoms with Crippen molar-refractivity contribution >= 4 is 16.1 Å². The second-order valence-corrected chi connectivity index (χ2v) is 7.56. The lowest BCUT2D eigenvalue weighted by Gasteiger charge is -2.24. The Morgan fingerprint density at radius 3 is 2.46 bits per heavy atom. The molecule has 0 heterocycles. The van der Waals surface area contributed by atoms with Gasteiger partial charge in [-0.05, 0) is 23.8 Å². The molecular formula is C19H21FO7S. The minimum absolute atomic E-state index is 0.0334. The van der Waals surface area contributed by atoms with Crippen LogP contribution in [0.3, 0.4) is 0 Å². The van der Waals surface area contributed by atoms with Crippen LogP contribution in [0, 0.1) is 5.82 Å². The number of rotatable bonds is 9. The normalized spacial score (nSPS) is 13.6. The van der Waals surface area contributed by atoms with Crippen LogP contribution in [0.2, 0.25) is 0 Å². The van der Waals surface area contributed by atoms with Gasteiger partial charge in [0.1, 0.15) is 12.4 Å². The van der Waals surface area contributed by atoms with Crippen molar-refractivity contribution in [3.63, 3.8) is 0 Å². The van der Waals surface area contributed by atoms with Gasteiger partial charge in [-0.15, -0.1) is 0 Å². The largest absolute Gasteiger partial charge is 0.461 e. The molecule has 0 bridgehead atoms. The average Bonchev–Trinajstić information content (AvgIpc) is 2.66. The van der Waals surface area contributed by atoms with Crippen molar-refractivity contribution in [2.45, 2.75) is 19.1 Å². The van der Waals surface area contributed by atoms with E-state index in [4.69, 9.17) is 18.8 Å². The van der Waals surface area contributed by atoms with Crippen LogP contribution in [-0.2, 0) is 19.6 Å². The lowest BCUT2D eigenvalue weighted by atomic mass is 10.0. The number of carbonyl (C=O) groups is 1. The number of carbonyl (C=O) groups excluding carboxylic acids is 1. The van der Waals surface area contributed by atoms with E-state index in [-0.39, 0.29) is 17.2 Å². The summed E-state index contributed by atoms with van der Waals surface area (Å²) in [6, 6.07) is 12.7. The number of hydrogen-bond donors (Lipinski definition) is 1. The Bertz CT molecular complexity index is 900. The molecule has 2 aromatic rings. The van der Waals surface area contributed by atoms with Crippen LogP contribution in [0.25, 0.3) is 0 Å². The predicted octanol–water partition coefficient (Wildman–Crippen LogP) is 3.03. The summed E-state index contributed by atoms with van der Waals surface area (Å²) in [6.45, 7) is 1.33. The van der Waals surface area contributed by atoms with Gasteiger partial charge in [-0.2, -0.15) is 8.42 Å². The first-order valence-corrected chi connectivity index (χ1v) is 9.98. The van der Waals surface area contributed by atoms with Gasteiger partial charge in [0.15, 0.2) is 11.6 Å². The van der Waals surface area contributed by atoms with Crippen molar-refractivity contribution in [2.75, 3.05) is 19.5 Å². The van der Waals surface area contributed by atoms with Gasteiger partial charge >= 0.3 is 5.97 Å². The first-order chi connectivity index (χ1) is 13.2. The number of esters is 1. The molecule has 0 aliphatic carbocycles. The van der Waals surface area contributed by atoms with Gasteiger partial charge in [0, 0.05) is 13.0 Å². The van der Waals surface area contributed by atoms with E-state index < -0.39 is 40.6 Å². The minimum atomic E-state index is -4.25. The average molecular weight is 412 g/mol. The van der Waals surface area contributed by atoms with Crippen LogP contribution in [0.4, 0.5) is 4.39 Å². The van der Waals surface area contributed by atoms with Gasteiger partial charge in [-0.25, -0.2) is 9.18 Å². The molecule has 2 atom stereocenters. The van der Waals surface area contributed by atoms with Crippen LogP contribution >= 0.6 is 0 Å². The second kappa shape index (κ2) is 9.63. The zero-order valence-electron chi connectivity index (χ0n) is 15.4. The van der Waals surface area contributed by atoms with Crippen LogP contribution < -0.4 is 4.74 Å². The first-order valence-electron chi connectivity index (χ1n) is 8.37. The molecule has 0 aliphatic rings. The monoisotopic (exact) mass is 412 g/mol. The number of halogens is 1. The highest BCUT2D eigenvalue weighted by Gasteiger charge is 2.23. The van der Waals surface area contributed by atoms with Gasteiger partial charge in [-0.3, -0.25) is 4.55 Å². The van der Waals surface area contributed by atoms with Gasteiger partial charge in [0.25, 0.3) is 10.1 Å². The third-order valence-electron chi connectivity index (χ3n) is 3.95. The molecule has 28 heavy (non-hydrogen) atoms. The molecule has 0 radical (unpaired) electrons. The zero-order chi connectivity index (χ0) is 20.7. The Morgan fingerprint density at radius 2 is 1.86 bits per heavy atom. The molecule has 9 heteroatoms. The Labute approximate surface area is 162 Å². The van der Waals surface area contributed by atoms with Crippen LogP contribution in [0.1, 0.15) is 28.8 Å². The van der Waals surface area contributed by atoms with Crippen molar-refractivity contribution < 1.29 is 36.4 Å². The Hall–Kier alpha value is -2.49. The molecule has 1 N–H and O–H groups in total. The molecule has 7 nitrogen and oxygen atoms in total. The molecule has 0 amide bonds. The van der Waals surface area contributed by atoms with Crippen molar-refractivity contribution in [1.82, 2.24) is 0 Å². The van der Waals surface area contributed by atoms with Crippen LogP contribution in [-0.4, -0.2) is 44.7 Å². The standard InChI is InChI=1S/C19H21FO7S/c1-13(14-6-4-3-5-7-14)19(25-2)27-17-12-15(8-9-16(17)20)18(21)26-10-11-28(22,23)24/h3-9,12-13,19H,10-11H2,1-2H3,(H,22,23,24). The fraction of sp³-hybridized carbons (Fsp3) is 0.316. The lowest BCUT2D eigenvalue weighted by molar-refractivity contribution is -0.0699. The number of ether oxygens (including phenoxy) is 3. The zero-order valence-corrected chi connectivity index (χ0v) is 16.2. The van der Waals surface area contributed by atoms with E-state index in [2.05, 4.69) is 0 Å². The minimum Gasteiger partial charge on any atom is -0.461 e. The van der Waals surface area contributed by atoms with E-state index in [9.17, 15) is 17.6 Å². The molecular weight excluding hydrogens is 391 g/mol. The Balaban J connectivity index is 2.12. The molecule has 2 rings (SSSR count). The topological polar surface area (TPSA) is 99.1 Å². The molecule has 0 spiro atoms. The summed E-state index contributed by atoms with van der Waals surface area (Å²) >= 11 is 0. The van der Waals surface area contributed by atoms with E-state index in [1.165, 1.54) is 13.2 Å². The Morgan fingerprint density at radius 1 is 1.18 bits per heavy atom. The Kier molecular flexibility index (Phi) is 7.50. The maximum Gasteiger partial charge on any atom is 0.338 e. The highest BCUT2D eigenvalue weighted by atomic mass is 32.2. The second-order valence-electron chi connectivity index (χ2n) is 5.99. The van der Waals surface area contributed by atoms with Crippen LogP contribution in [0.15, 0.2) is 48.5 Å². The number of methoxy groups -OCH3 is 1. The summed E-state index contributed by atoms with van der Waals surface area (Å²) in [7, 11) is -2.82. The number of hydrogen-bond acceptors (Lipinski definition) is 6. The lowest BCUT2D eigenvalue weighted by Crippen LogP contribution is -2.26. The molecule has 0 fully saturated rings. The van der Waals surface area contributed by atoms with Gasteiger partial charge in [0.05, 0.1) is 5.56 Å². The first kappa shape index (κ1) is 21.8. The van der Waals surface area contributed by atoms with Crippen molar-refractivity contribution in [2.24, 2.45) is 0 Å². The molecule has 0 aromatic heterocycles. The van der Waals surface area contributed by atoms with Gasteiger partial charge in [-0.1, -0.05) is 37.3 Å². The molecule has 152 valence electrons. The van der Waals surface area contributed by atoms with Gasteiger partial charge < -0.3 is 14.2 Å². The summed E-state index contributed by atoms with van der Waals surface area (Å²) in [5.41, 5.74) is 0.893. The van der Waals surface area contributed by atoms with Crippen molar-refractivity contribution in [3.8, 4) is 5.75 Å². The van der Waals surface area contributed by atoms with E-state index in [1.807, 2.05) is 37.3 Å². The number of benzene rings is 2. The predicted molar refractivity (Wildman–Crippen MR) is 99.4 cm³/mol. The summed E-state index contributed by atoms with van der Waals surface area (Å²) < 4.78 is 59.8. The third kappa shape index (κ3) is 6.29. The quantitative estimate of drug-likeness (QED) is 0.384. The van der Waals surface area contributed by atoms with E-state index in [1.54, 1.807) is 0 Å². The fourth-order valence-electron chi connectivity index (χ4n) is 2.44. The van der Waals surface area contributed by atoms with Crippen molar-refractivity contribution in [1.29, 1.82) is 0 Å². The maximum atomic E-state index is 14.2. The summed E-state index contributed by atoms with van der Waals surface area (Å²) in [4.78, 5) is 12.0. The summed E-state index contributed by atoms with van der Waals surface area (Å²) in [5, 5.41) is 0. The molecule has 0 aliphatic heterocycles. The molecule has 2 aromatic carbocycles. The molecule has 2 unspecified atom stereocenters. The molecule has 0 saturated heterocycles. The highest BCUT2D eigenvalue weighted by molar-refractivity contribution is 7.85. The van der Waals surface area contributed by atoms with E-state index in [0.29, 0.717) is 0 Å². The van der Waals surface area contributed by atoms with Crippen molar-refractivity contribution in [3.05, 3.63) is 65.5 Å². The maximum absolute atomic E-state index is 14.2.